The Kier molecular flexibility index (Phi) is 6.37. The molecule has 2 aliphatic rings. The first-order valence-corrected chi connectivity index (χ1v) is 12.8. The van der Waals surface area contributed by atoms with Gasteiger partial charge in [0, 0.05) is 29.4 Å². The first-order chi connectivity index (χ1) is 17.1. The van der Waals surface area contributed by atoms with Crippen molar-refractivity contribution in [2.45, 2.75) is 42.7 Å². The van der Waals surface area contributed by atoms with Gasteiger partial charge < -0.3 is 30.1 Å². The Bertz CT molecular complexity index is 1230. The van der Waals surface area contributed by atoms with Gasteiger partial charge in [0.2, 0.25) is 0 Å². The third kappa shape index (κ3) is 3.74. The molecule has 2 heterocycles. The van der Waals surface area contributed by atoms with E-state index in [0.29, 0.717) is 30.2 Å². The van der Waals surface area contributed by atoms with E-state index >= 15 is 0 Å². The summed E-state index contributed by atoms with van der Waals surface area (Å²) >= 11 is 3.51. The average Bonchev–Trinajstić information content (AvgIpc) is 3.22. The van der Waals surface area contributed by atoms with E-state index in [0.717, 1.165) is 15.6 Å². The summed E-state index contributed by atoms with van der Waals surface area (Å²) in [4.78, 5) is 4.25. The van der Waals surface area contributed by atoms with Crippen molar-refractivity contribution in [3.8, 4) is 11.5 Å². The first kappa shape index (κ1) is 25.2. The monoisotopic (exact) mass is 554 g/mol. The molecule has 8 heteroatoms. The third-order valence-corrected chi connectivity index (χ3v) is 7.91. The number of fused-ring (bicyclic) bond motifs is 3. The number of nitrogens with one attached hydrogen (secondary N) is 1. The molecule has 1 saturated carbocycles. The van der Waals surface area contributed by atoms with Gasteiger partial charge in [-0.1, -0.05) is 58.4 Å². The fourth-order valence-electron chi connectivity index (χ4n) is 6.00. The molecule has 1 aliphatic heterocycles. The zero-order chi connectivity index (χ0) is 25.7. The van der Waals surface area contributed by atoms with Gasteiger partial charge in [-0.25, -0.2) is 0 Å². The van der Waals surface area contributed by atoms with Gasteiger partial charge in [0.25, 0.3) is 0 Å². The quantitative estimate of drug-likeness (QED) is 0.354. The normalized spacial score (nSPS) is 28.9. The lowest BCUT2D eigenvalue weighted by molar-refractivity contribution is -0.152. The molecule has 0 bridgehead atoms. The summed E-state index contributed by atoms with van der Waals surface area (Å²) in [5.41, 5.74) is -2.10. The predicted octanol–water partition coefficient (Wildman–Crippen LogP) is 3.46. The van der Waals surface area contributed by atoms with Crippen molar-refractivity contribution >= 4 is 15.9 Å². The second kappa shape index (κ2) is 9.11. The molecule has 4 N–H and O–H groups in total. The van der Waals surface area contributed by atoms with E-state index in [4.69, 9.17) is 9.47 Å². The SMILES string of the molecule is COc1cncc2c1C1(O)C(O)C(CNCC(C)(C)O)C(c3ccccc3)C1(c1ccc(Br)cc1)O2. The summed E-state index contributed by atoms with van der Waals surface area (Å²) in [6, 6.07) is 17.4. The highest BCUT2D eigenvalue weighted by atomic mass is 79.9. The highest BCUT2D eigenvalue weighted by molar-refractivity contribution is 9.10. The first-order valence-electron chi connectivity index (χ1n) is 12.0. The second-order valence-electron chi connectivity index (χ2n) is 10.3. The molecule has 2 aromatic carbocycles. The third-order valence-electron chi connectivity index (χ3n) is 7.38. The minimum absolute atomic E-state index is 0.326. The molecule has 5 unspecified atom stereocenters. The topological polar surface area (TPSA) is 104 Å². The van der Waals surface area contributed by atoms with Gasteiger partial charge in [0.15, 0.2) is 11.2 Å². The Hall–Kier alpha value is -2.49. The number of benzene rings is 2. The molecule has 0 amide bonds. The minimum Gasteiger partial charge on any atom is -0.495 e. The highest BCUT2D eigenvalue weighted by Gasteiger charge is 2.76. The number of rotatable bonds is 7. The molecule has 1 aromatic heterocycles. The lowest BCUT2D eigenvalue weighted by Gasteiger charge is -2.41. The number of nitrogens with zero attached hydrogens (tertiary/aromatic N) is 1. The number of halogens is 1. The number of aliphatic hydroxyl groups excluding tert-OH is 1. The fourth-order valence-corrected chi connectivity index (χ4v) is 6.27. The van der Waals surface area contributed by atoms with Crippen molar-refractivity contribution in [3.63, 3.8) is 0 Å². The second-order valence-corrected chi connectivity index (χ2v) is 11.2. The molecule has 190 valence electrons. The van der Waals surface area contributed by atoms with Crippen LogP contribution in [0.1, 0.15) is 36.5 Å². The largest absolute Gasteiger partial charge is 0.495 e. The summed E-state index contributed by atoms with van der Waals surface area (Å²) in [6.45, 7) is 4.12. The summed E-state index contributed by atoms with van der Waals surface area (Å²) in [5, 5.41) is 38.3. The van der Waals surface area contributed by atoms with Crippen molar-refractivity contribution in [2.24, 2.45) is 5.92 Å². The zero-order valence-electron chi connectivity index (χ0n) is 20.5. The molecule has 7 nitrogen and oxygen atoms in total. The molecule has 0 spiro atoms. The molecule has 0 radical (unpaired) electrons. The summed E-state index contributed by atoms with van der Waals surface area (Å²) in [6.07, 6.45) is 1.87. The standard InChI is InChI=1S/C28H31BrN2O5/c1-26(2,33)16-31-13-20-23(17-7-5-4-6-8-17)28(18-9-11-19(29)12-10-18)27(34,25(20)32)24-21(35-3)14-30-15-22(24)36-28/h4-12,14-15,20,23,25,31-34H,13,16H2,1-3H3. The van der Waals surface area contributed by atoms with Crippen LogP contribution in [0.4, 0.5) is 0 Å². The Balaban J connectivity index is 1.76. The Labute approximate surface area is 219 Å². The smallest absolute Gasteiger partial charge is 0.177 e. The van der Waals surface area contributed by atoms with Crippen LogP contribution >= 0.6 is 15.9 Å². The van der Waals surface area contributed by atoms with Gasteiger partial charge in [-0.15, -0.1) is 0 Å². The van der Waals surface area contributed by atoms with Crippen LogP contribution in [-0.2, 0) is 11.2 Å². The van der Waals surface area contributed by atoms with Crippen LogP contribution in [0.3, 0.4) is 0 Å². The lowest BCUT2D eigenvalue weighted by atomic mass is 9.70. The van der Waals surface area contributed by atoms with Crippen molar-refractivity contribution < 1.29 is 24.8 Å². The number of methoxy groups -OCH3 is 1. The predicted molar refractivity (Wildman–Crippen MR) is 139 cm³/mol. The van der Waals surface area contributed by atoms with Crippen molar-refractivity contribution in [1.82, 2.24) is 10.3 Å². The Morgan fingerprint density at radius 1 is 1.11 bits per heavy atom. The summed E-state index contributed by atoms with van der Waals surface area (Å²) in [5.74, 6) is -0.187. The van der Waals surface area contributed by atoms with E-state index < -0.39 is 34.7 Å². The van der Waals surface area contributed by atoms with Crippen molar-refractivity contribution in [2.75, 3.05) is 20.2 Å². The lowest BCUT2D eigenvalue weighted by Crippen LogP contribution is -2.52. The number of aromatic nitrogens is 1. The van der Waals surface area contributed by atoms with Gasteiger partial charge in [-0.2, -0.15) is 0 Å². The molecular formula is C28H31BrN2O5. The fraction of sp³-hybridized carbons (Fsp3) is 0.393. The zero-order valence-corrected chi connectivity index (χ0v) is 22.1. The summed E-state index contributed by atoms with van der Waals surface area (Å²) < 4.78 is 13.3. The van der Waals surface area contributed by atoms with Gasteiger partial charge in [0.05, 0.1) is 36.8 Å². The Morgan fingerprint density at radius 2 is 1.81 bits per heavy atom. The number of hydrogen-bond donors (Lipinski definition) is 4. The van der Waals surface area contributed by atoms with Crippen LogP contribution in [0.2, 0.25) is 0 Å². The van der Waals surface area contributed by atoms with Crippen LogP contribution in [0.5, 0.6) is 11.5 Å². The minimum atomic E-state index is -1.84. The van der Waals surface area contributed by atoms with Crippen LogP contribution in [0.25, 0.3) is 0 Å². The van der Waals surface area contributed by atoms with Gasteiger partial charge in [-0.3, -0.25) is 4.98 Å². The Morgan fingerprint density at radius 3 is 2.44 bits per heavy atom. The maximum Gasteiger partial charge on any atom is 0.177 e. The number of aliphatic hydroxyl groups is 3. The van der Waals surface area contributed by atoms with Gasteiger partial charge in [0.1, 0.15) is 11.5 Å². The number of pyridine rings is 1. The van der Waals surface area contributed by atoms with Crippen LogP contribution in [0.15, 0.2) is 71.5 Å². The maximum absolute atomic E-state index is 12.7. The number of hydrogen-bond acceptors (Lipinski definition) is 7. The van der Waals surface area contributed by atoms with Gasteiger partial charge in [-0.05, 0) is 37.1 Å². The molecular weight excluding hydrogens is 524 g/mol. The highest BCUT2D eigenvalue weighted by Crippen LogP contribution is 2.69. The van der Waals surface area contributed by atoms with Crippen LogP contribution in [-0.4, -0.2) is 52.2 Å². The van der Waals surface area contributed by atoms with Crippen LogP contribution in [0, 0.1) is 5.92 Å². The van der Waals surface area contributed by atoms with Crippen molar-refractivity contribution in [3.05, 3.63) is 88.2 Å². The van der Waals surface area contributed by atoms with Gasteiger partial charge >= 0.3 is 0 Å². The molecule has 1 aliphatic carbocycles. The molecule has 5 rings (SSSR count). The molecule has 1 fully saturated rings. The van der Waals surface area contributed by atoms with E-state index in [2.05, 4.69) is 26.2 Å². The molecule has 36 heavy (non-hydrogen) atoms. The van der Waals surface area contributed by atoms with Crippen LogP contribution < -0.4 is 14.8 Å². The molecule has 3 aromatic rings. The number of ether oxygens (including phenoxy) is 2. The van der Waals surface area contributed by atoms with E-state index in [1.807, 2.05) is 54.6 Å². The summed E-state index contributed by atoms with van der Waals surface area (Å²) in [7, 11) is 1.51. The van der Waals surface area contributed by atoms with E-state index in [9.17, 15) is 15.3 Å². The van der Waals surface area contributed by atoms with E-state index in [-0.39, 0.29) is 0 Å². The molecule has 5 atom stereocenters. The van der Waals surface area contributed by atoms with E-state index in [1.165, 1.54) is 13.3 Å². The molecule has 0 saturated heterocycles. The van der Waals surface area contributed by atoms with Crippen molar-refractivity contribution in [1.29, 1.82) is 0 Å². The maximum atomic E-state index is 12.7. The average molecular weight is 555 g/mol. The van der Waals surface area contributed by atoms with E-state index in [1.54, 1.807) is 20.0 Å².